The molecule has 0 aliphatic rings. The molecule has 14 heavy (non-hydrogen) atoms. The Labute approximate surface area is 81.9 Å². The molecule has 2 N–H and O–H groups in total. The van der Waals surface area contributed by atoms with Crippen molar-refractivity contribution in [1.82, 2.24) is 9.78 Å². The highest BCUT2D eigenvalue weighted by atomic mass is 16.5. The number of nitrogen functional groups attached to an aromatic ring is 1. The quantitative estimate of drug-likeness (QED) is 0.778. The van der Waals surface area contributed by atoms with Crippen LogP contribution in [0.3, 0.4) is 0 Å². The van der Waals surface area contributed by atoms with Crippen LogP contribution in [-0.2, 0) is 0 Å². The van der Waals surface area contributed by atoms with Crippen molar-refractivity contribution in [3.8, 4) is 11.6 Å². The average Bonchev–Trinajstić information content (AvgIpc) is 2.61. The van der Waals surface area contributed by atoms with Gasteiger partial charge in [0.2, 0.25) is 5.88 Å². The van der Waals surface area contributed by atoms with E-state index in [4.69, 9.17) is 10.5 Å². The fourth-order valence-corrected chi connectivity index (χ4v) is 1.25. The van der Waals surface area contributed by atoms with Gasteiger partial charge in [-0.1, -0.05) is 18.2 Å². The number of aromatic nitrogens is 2. The first-order valence-electron chi connectivity index (χ1n) is 4.26. The van der Waals surface area contributed by atoms with E-state index in [-0.39, 0.29) is 0 Å². The number of nitrogens with two attached hydrogens (primary N) is 1. The first-order chi connectivity index (χ1) is 6.81. The molecule has 4 heteroatoms. The molecular weight excluding hydrogens is 178 g/mol. The maximum atomic E-state index is 5.77. The Balaban J connectivity index is 2.46. The molecule has 1 heterocycles. The lowest BCUT2D eigenvalue weighted by Gasteiger charge is -2.01. The highest BCUT2D eigenvalue weighted by Crippen LogP contribution is 2.17. The predicted molar refractivity (Wildman–Crippen MR) is 54.5 cm³/mol. The minimum Gasteiger partial charge on any atom is -0.480 e. The first kappa shape index (κ1) is 8.62. The third-order valence-electron chi connectivity index (χ3n) is 1.92. The van der Waals surface area contributed by atoms with Crippen LogP contribution in [0.2, 0.25) is 0 Å². The summed E-state index contributed by atoms with van der Waals surface area (Å²) in [5, 5.41) is 4.17. The molecule has 0 fully saturated rings. The van der Waals surface area contributed by atoms with Crippen molar-refractivity contribution in [2.24, 2.45) is 0 Å². The molecule has 0 spiro atoms. The van der Waals surface area contributed by atoms with E-state index in [0.717, 1.165) is 5.69 Å². The molecular formula is C10H11N3O. The lowest BCUT2D eigenvalue weighted by atomic mass is 10.3. The van der Waals surface area contributed by atoms with E-state index in [1.165, 1.54) is 0 Å². The van der Waals surface area contributed by atoms with Gasteiger partial charge in [0, 0.05) is 6.07 Å². The molecule has 1 aromatic carbocycles. The van der Waals surface area contributed by atoms with Gasteiger partial charge in [0.05, 0.1) is 12.8 Å². The van der Waals surface area contributed by atoms with Crippen molar-refractivity contribution in [2.75, 3.05) is 12.8 Å². The zero-order valence-corrected chi connectivity index (χ0v) is 7.84. The third-order valence-corrected chi connectivity index (χ3v) is 1.92. The summed E-state index contributed by atoms with van der Waals surface area (Å²) in [6, 6.07) is 11.4. The van der Waals surface area contributed by atoms with Crippen LogP contribution in [0.25, 0.3) is 5.69 Å². The monoisotopic (exact) mass is 189 g/mol. The summed E-state index contributed by atoms with van der Waals surface area (Å²) in [5.41, 5.74) is 6.69. The van der Waals surface area contributed by atoms with Crippen molar-refractivity contribution in [3.05, 3.63) is 36.4 Å². The molecule has 4 nitrogen and oxygen atoms in total. The van der Waals surface area contributed by atoms with Crippen molar-refractivity contribution < 1.29 is 4.74 Å². The maximum absolute atomic E-state index is 5.77. The van der Waals surface area contributed by atoms with Crippen LogP contribution < -0.4 is 10.5 Å². The van der Waals surface area contributed by atoms with Crippen molar-refractivity contribution >= 4 is 5.82 Å². The van der Waals surface area contributed by atoms with Gasteiger partial charge in [-0.15, -0.1) is 5.10 Å². The van der Waals surface area contributed by atoms with E-state index in [1.54, 1.807) is 17.9 Å². The van der Waals surface area contributed by atoms with Gasteiger partial charge >= 0.3 is 0 Å². The van der Waals surface area contributed by atoms with Gasteiger partial charge in [0.15, 0.2) is 0 Å². The van der Waals surface area contributed by atoms with E-state index in [9.17, 15) is 0 Å². The summed E-state index contributed by atoms with van der Waals surface area (Å²) in [7, 11) is 1.57. The molecule has 0 amide bonds. The normalized spacial score (nSPS) is 10.1. The topological polar surface area (TPSA) is 53.1 Å². The van der Waals surface area contributed by atoms with E-state index in [1.807, 2.05) is 30.3 Å². The smallest absolute Gasteiger partial charge is 0.235 e. The summed E-state index contributed by atoms with van der Waals surface area (Å²) in [4.78, 5) is 0. The zero-order valence-electron chi connectivity index (χ0n) is 7.84. The molecule has 0 bridgehead atoms. The Morgan fingerprint density at radius 2 is 2.00 bits per heavy atom. The van der Waals surface area contributed by atoms with Gasteiger partial charge in [0.1, 0.15) is 5.82 Å². The van der Waals surface area contributed by atoms with Crippen molar-refractivity contribution in [3.63, 3.8) is 0 Å². The highest BCUT2D eigenvalue weighted by molar-refractivity contribution is 5.44. The molecule has 0 saturated carbocycles. The molecule has 0 atom stereocenters. The largest absolute Gasteiger partial charge is 0.480 e. The molecule has 0 unspecified atom stereocenters. The van der Waals surface area contributed by atoms with Gasteiger partial charge in [-0.05, 0) is 12.1 Å². The summed E-state index contributed by atoms with van der Waals surface area (Å²) in [5.74, 6) is 1.08. The van der Waals surface area contributed by atoms with Crippen molar-refractivity contribution in [1.29, 1.82) is 0 Å². The number of benzene rings is 1. The summed E-state index contributed by atoms with van der Waals surface area (Å²) >= 11 is 0. The molecule has 0 aliphatic heterocycles. The summed E-state index contributed by atoms with van der Waals surface area (Å²) < 4.78 is 6.62. The van der Waals surface area contributed by atoms with Crippen LogP contribution in [0.4, 0.5) is 5.82 Å². The minimum absolute atomic E-state index is 0.520. The lowest BCUT2D eigenvalue weighted by Crippen LogP contribution is -2.01. The number of hydrogen-bond acceptors (Lipinski definition) is 3. The molecule has 2 rings (SSSR count). The van der Waals surface area contributed by atoms with Crippen LogP contribution >= 0.6 is 0 Å². The van der Waals surface area contributed by atoms with E-state index >= 15 is 0 Å². The fraction of sp³-hybridized carbons (Fsp3) is 0.100. The number of ether oxygens (including phenoxy) is 1. The molecule has 1 aromatic heterocycles. The molecule has 72 valence electrons. The molecule has 0 radical (unpaired) electrons. The van der Waals surface area contributed by atoms with Crippen molar-refractivity contribution in [2.45, 2.75) is 0 Å². The highest BCUT2D eigenvalue weighted by Gasteiger charge is 2.05. The average molecular weight is 189 g/mol. The summed E-state index contributed by atoms with van der Waals surface area (Å²) in [6.07, 6.45) is 0. The molecule has 0 aliphatic carbocycles. The second kappa shape index (κ2) is 3.41. The number of hydrogen-bond donors (Lipinski definition) is 1. The predicted octanol–water partition coefficient (Wildman–Crippen LogP) is 1.46. The lowest BCUT2D eigenvalue weighted by molar-refractivity contribution is 0.394. The van der Waals surface area contributed by atoms with Gasteiger partial charge in [0.25, 0.3) is 0 Å². The Morgan fingerprint density at radius 1 is 1.29 bits per heavy atom. The van der Waals surface area contributed by atoms with Crippen LogP contribution in [0, 0.1) is 0 Å². The Hall–Kier alpha value is -1.97. The third kappa shape index (κ3) is 1.42. The van der Waals surface area contributed by atoms with E-state index < -0.39 is 0 Å². The van der Waals surface area contributed by atoms with Gasteiger partial charge in [-0.2, -0.15) is 0 Å². The van der Waals surface area contributed by atoms with E-state index in [0.29, 0.717) is 11.7 Å². The van der Waals surface area contributed by atoms with Crippen LogP contribution in [0.15, 0.2) is 36.4 Å². The second-order valence-corrected chi connectivity index (χ2v) is 2.86. The minimum atomic E-state index is 0.520. The van der Waals surface area contributed by atoms with Gasteiger partial charge < -0.3 is 10.5 Å². The van der Waals surface area contributed by atoms with Crippen LogP contribution in [0.5, 0.6) is 5.88 Å². The van der Waals surface area contributed by atoms with Crippen LogP contribution in [0.1, 0.15) is 0 Å². The summed E-state index contributed by atoms with van der Waals surface area (Å²) in [6.45, 7) is 0. The Kier molecular flexibility index (Phi) is 2.10. The number of methoxy groups -OCH3 is 1. The van der Waals surface area contributed by atoms with E-state index in [2.05, 4.69) is 5.10 Å². The Morgan fingerprint density at radius 3 is 2.57 bits per heavy atom. The maximum Gasteiger partial charge on any atom is 0.235 e. The molecule has 2 aromatic rings. The Bertz CT molecular complexity index is 422. The van der Waals surface area contributed by atoms with Gasteiger partial charge in [-0.25, -0.2) is 4.68 Å². The number of anilines is 1. The standard InChI is InChI=1S/C10H11N3O/c1-14-10-7-9(11)13(12-10)8-5-3-2-4-6-8/h2-7H,11H2,1H3. The number of para-hydroxylation sites is 1. The fourth-order valence-electron chi connectivity index (χ4n) is 1.25. The molecule has 0 saturated heterocycles. The first-order valence-corrected chi connectivity index (χ1v) is 4.26. The number of nitrogens with zero attached hydrogens (tertiary/aromatic N) is 2. The number of rotatable bonds is 2. The second-order valence-electron chi connectivity index (χ2n) is 2.86. The zero-order chi connectivity index (χ0) is 9.97. The van der Waals surface area contributed by atoms with Gasteiger partial charge in [-0.3, -0.25) is 0 Å². The SMILES string of the molecule is COc1cc(N)n(-c2ccccc2)n1. The van der Waals surface area contributed by atoms with Crippen LogP contribution in [-0.4, -0.2) is 16.9 Å².